The highest BCUT2D eigenvalue weighted by Crippen LogP contribution is 2.41. The molecule has 0 spiro atoms. The molecule has 118 valence electrons. The Morgan fingerprint density at radius 3 is 2.64 bits per heavy atom. The van der Waals surface area contributed by atoms with Gasteiger partial charge in [-0.2, -0.15) is 0 Å². The molecule has 1 fully saturated rings. The van der Waals surface area contributed by atoms with Crippen LogP contribution >= 0.6 is 0 Å². The maximum absolute atomic E-state index is 12.7. The van der Waals surface area contributed by atoms with Gasteiger partial charge >= 0.3 is 0 Å². The maximum Gasteiger partial charge on any atom is 0.237 e. The van der Waals surface area contributed by atoms with Gasteiger partial charge in [0.05, 0.1) is 18.6 Å². The Bertz CT molecular complexity index is 591. The number of hydrogen-bond acceptors (Lipinski definition) is 3. The van der Waals surface area contributed by atoms with Crippen molar-refractivity contribution in [1.29, 1.82) is 0 Å². The molecule has 1 aromatic carbocycles. The van der Waals surface area contributed by atoms with E-state index in [9.17, 15) is 9.59 Å². The molecule has 1 aromatic rings. The van der Waals surface area contributed by atoms with Crippen LogP contribution in [0.3, 0.4) is 0 Å². The molecule has 2 heterocycles. The molecule has 5 heteroatoms. The predicted molar refractivity (Wildman–Crippen MR) is 83.8 cm³/mol. The minimum atomic E-state index is -0.515. The number of nitrogens with zero attached hydrogens (tertiary/aromatic N) is 2. The van der Waals surface area contributed by atoms with Crippen LogP contribution in [-0.4, -0.2) is 49.6 Å². The lowest BCUT2D eigenvalue weighted by atomic mass is 9.86. The molecule has 22 heavy (non-hydrogen) atoms. The number of hydrogen-bond donors (Lipinski definition) is 0. The third-order valence-corrected chi connectivity index (χ3v) is 4.56. The van der Waals surface area contributed by atoms with Crippen molar-refractivity contribution < 1.29 is 14.3 Å². The molecular weight excluding hydrogens is 280 g/mol. The average molecular weight is 302 g/mol. The third-order valence-electron chi connectivity index (χ3n) is 4.56. The van der Waals surface area contributed by atoms with E-state index in [1.165, 1.54) is 0 Å². The first-order chi connectivity index (χ1) is 10.5. The summed E-state index contributed by atoms with van der Waals surface area (Å²) in [6.45, 7) is 6.82. The van der Waals surface area contributed by atoms with E-state index >= 15 is 0 Å². The summed E-state index contributed by atoms with van der Waals surface area (Å²) in [5, 5.41) is 0. The second kappa shape index (κ2) is 5.72. The quantitative estimate of drug-likeness (QED) is 0.851. The molecule has 0 bridgehead atoms. The summed E-state index contributed by atoms with van der Waals surface area (Å²) < 4.78 is 5.26. The molecule has 3 rings (SSSR count). The Balaban J connectivity index is 1.70. The number of anilines is 1. The first-order valence-electron chi connectivity index (χ1n) is 7.79. The van der Waals surface area contributed by atoms with Crippen LogP contribution in [0, 0.1) is 0 Å². The van der Waals surface area contributed by atoms with E-state index in [4.69, 9.17) is 4.74 Å². The van der Waals surface area contributed by atoms with Gasteiger partial charge in [0.1, 0.15) is 0 Å². The van der Waals surface area contributed by atoms with Crippen molar-refractivity contribution in [3.63, 3.8) is 0 Å². The van der Waals surface area contributed by atoms with Crippen LogP contribution < -0.4 is 4.90 Å². The highest BCUT2D eigenvalue weighted by atomic mass is 16.5. The zero-order valence-corrected chi connectivity index (χ0v) is 13.2. The number of ether oxygens (including phenoxy) is 1. The molecule has 0 aromatic heterocycles. The molecular formula is C17H22N2O3. The van der Waals surface area contributed by atoms with Gasteiger partial charge in [0, 0.05) is 31.7 Å². The van der Waals surface area contributed by atoms with Crippen molar-refractivity contribution in [2.75, 3.05) is 37.7 Å². The Morgan fingerprint density at radius 2 is 1.91 bits per heavy atom. The van der Waals surface area contributed by atoms with Crippen molar-refractivity contribution >= 4 is 17.5 Å². The number of amides is 2. The molecule has 2 aliphatic rings. The lowest BCUT2D eigenvalue weighted by Crippen LogP contribution is -2.43. The van der Waals surface area contributed by atoms with Crippen LogP contribution in [0.1, 0.15) is 25.8 Å². The van der Waals surface area contributed by atoms with Crippen molar-refractivity contribution in [3.8, 4) is 0 Å². The summed E-state index contributed by atoms with van der Waals surface area (Å²) in [6, 6.07) is 7.85. The summed E-state index contributed by atoms with van der Waals surface area (Å²) in [7, 11) is 0. The van der Waals surface area contributed by atoms with Gasteiger partial charge in [-0.1, -0.05) is 18.2 Å². The summed E-state index contributed by atoms with van der Waals surface area (Å²) in [5.41, 5.74) is 1.46. The fraction of sp³-hybridized carbons (Fsp3) is 0.529. The number of fused-ring (bicyclic) bond motifs is 1. The highest BCUT2D eigenvalue weighted by Gasteiger charge is 2.43. The van der Waals surface area contributed by atoms with Gasteiger partial charge in [-0.25, -0.2) is 0 Å². The number of carbonyl (C=O) groups is 2. The summed E-state index contributed by atoms with van der Waals surface area (Å²) >= 11 is 0. The zero-order chi connectivity index (χ0) is 15.7. The van der Waals surface area contributed by atoms with Crippen LogP contribution in [0.4, 0.5) is 5.69 Å². The topological polar surface area (TPSA) is 49.9 Å². The third kappa shape index (κ3) is 2.50. The van der Waals surface area contributed by atoms with Crippen LogP contribution in [0.25, 0.3) is 0 Å². The predicted octanol–water partition coefficient (Wildman–Crippen LogP) is 1.56. The van der Waals surface area contributed by atoms with Gasteiger partial charge in [-0.05, 0) is 25.5 Å². The van der Waals surface area contributed by atoms with E-state index in [1.807, 2.05) is 43.0 Å². The molecule has 0 saturated carbocycles. The SMILES string of the molecule is CC1(C)C(=O)N(CCC(=O)N2CCOCC2)c2ccccc21. The van der Waals surface area contributed by atoms with Crippen LogP contribution in [0.15, 0.2) is 24.3 Å². The van der Waals surface area contributed by atoms with Gasteiger partial charge in [0.2, 0.25) is 11.8 Å². The fourth-order valence-corrected chi connectivity index (χ4v) is 3.20. The van der Waals surface area contributed by atoms with Crippen molar-refractivity contribution in [2.45, 2.75) is 25.7 Å². The number of morpholine rings is 1. The highest BCUT2D eigenvalue weighted by molar-refractivity contribution is 6.07. The zero-order valence-electron chi connectivity index (χ0n) is 13.2. The summed E-state index contributed by atoms with van der Waals surface area (Å²) in [6.07, 6.45) is 0.357. The molecule has 0 aliphatic carbocycles. The number of carbonyl (C=O) groups excluding carboxylic acids is 2. The van der Waals surface area contributed by atoms with Crippen molar-refractivity contribution in [3.05, 3.63) is 29.8 Å². The van der Waals surface area contributed by atoms with Gasteiger partial charge in [-0.15, -0.1) is 0 Å². The van der Waals surface area contributed by atoms with Crippen LogP contribution in [0.5, 0.6) is 0 Å². The van der Waals surface area contributed by atoms with E-state index in [-0.39, 0.29) is 11.8 Å². The second-order valence-corrected chi connectivity index (χ2v) is 6.34. The van der Waals surface area contributed by atoms with Gasteiger partial charge < -0.3 is 14.5 Å². The van der Waals surface area contributed by atoms with Gasteiger partial charge in [0.15, 0.2) is 0 Å². The van der Waals surface area contributed by atoms with E-state index in [0.29, 0.717) is 39.3 Å². The Morgan fingerprint density at radius 1 is 1.23 bits per heavy atom. The van der Waals surface area contributed by atoms with Crippen molar-refractivity contribution in [1.82, 2.24) is 4.90 Å². The monoisotopic (exact) mass is 302 g/mol. The number of para-hydroxylation sites is 1. The van der Waals surface area contributed by atoms with Gasteiger partial charge in [-0.3, -0.25) is 9.59 Å². The first-order valence-corrected chi connectivity index (χ1v) is 7.79. The Kier molecular flexibility index (Phi) is 3.91. The molecule has 1 saturated heterocycles. The minimum absolute atomic E-state index is 0.0727. The molecule has 2 amide bonds. The molecule has 0 atom stereocenters. The lowest BCUT2D eigenvalue weighted by molar-refractivity contribution is -0.135. The van der Waals surface area contributed by atoms with Gasteiger partial charge in [0.25, 0.3) is 0 Å². The van der Waals surface area contributed by atoms with E-state index in [2.05, 4.69) is 0 Å². The first kappa shape index (κ1) is 15.0. The fourth-order valence-electron chi connectivity index (χ4n) is 3.20. The number of benzene rings is 1. The summed E-state index contributed by atoms with van der Waals surface area (Å²) in [4.78, 5) is 28.5. The normalized spacial score (nSPS) is 20.2. The number of rotatable bonds is 3. The second-order valence-electron chi connectivity index (χ2n) is 6.34. The van der Waals surface area contributed by atoms with E-state index < -0.39 is 5.41 Å². The molecule has 5 nitrogen and oxygen atoms in total. The molecule has 0 N–H and O–H groups in total. The largest absolute Gasteiger partial charge is 0.378 e. The smallest absolute Gasteiger partial charge is 0.237 e. The Hall–Kier alpha value is -1.88. The lowest BCUT2D eigenvalue weighted by Gasteiger charge is -2.28. The Labute approximate surface area is 130 Å². The van der Waals surface area contributed by atoms with E-state index in [0.717, 1.165) is 11.3 Å². The average Bonchev–Trinajstić information content (AvgIpc) is 2.74. The van der Waals surface area contributed by atoms with E-state index in [1.54, 1.807) is 4.90 Å². The maximum atomic E-state index is 12.7. The molecule has 2 aliphatic heterocycles. The van der Waals surface area contributed by atoms with Crippen LogP contribution in [0.2, 0.25) is 0 Å². The summed E-state index contributed by atoms with van der Waals surface area (Å²) in [5.74, 6) is 0.168. The minimum Gasteiger partial charge on any atom is -0.378 e. The molecule has 0 radical (unpaired) electrons. The van der Waals surface area contributed by atoms with Crippen molar-refractivity contribution in [2.24, 2.45) is 0 Å². The standard InChI is InChI=1S/C17H22N2O3/c1-17(2)13-5-3-4-6-14(13)19(16(17)21)8-7-15(20)18-9-11-22-12-10-18/h3-6H,7-12H2,1-2H3. The van der Waals surface area contributed by atoms with Crippen LogP contribution in [-0.2, 0) is 19.7 Å². The molecule has 0 unspecified atom stereocenters.